The molecule has 0 atom stereocenters. The third kappa shape index (κ3) is 1.90. The first-order valence-corrected chi connectivity index (χ1v) is 4.19. The van der Waals surface area contributed by atoms with Crippen LogP contribution >= 0.6 is 11.6 Å². The molecule has 0 saturated heterocycles. The number of methoxy groups -OCH3 is 2. The number of benzene rings is 1. The molecule has 5 heteroatoms. The van der Waals surface area contributed by atoms with Crippen molar-refractivity contribution in [1.82, 2.24) is 0 Å². The normalized spacial score (nSPS) is 9.64. The highest BCUT2D eigenvalue weighted by Crippen LogP contribution is 2.29. The van der Waals surface area contributed by atoms with Crippen molar-refractivity contribution >= 4 is 23.3 Å². The molecule has 0 aliphatic carbocycles. The van der Waals surface area contributed by atoms with Crippen LogP contribution in [0.2, 0.25) is 5.02 Å². The van der Waals surface area contributed by atoms with Crippen LogP contribution in [0.15, 0.2) is 12.1 Å². The van der Waals surface area contributed by atoms with Gasteiger partial charge in [0.15, 0.2) is 0 Å². The van der Waals surface area contributed by atoms with Crippen molar-refractivity contribution in [3.8, 4) is 5.75 Å². The molecule has 1 aromatic rings. The first kappa shape index (κ1) is 10.7. The number of hydrogen-bond donors (Lipinski definition) is 1. The number of ether oxygens (including phenoxy) is 2. The summed E-state index contributed by atoms with van der Waals surface area (Å²) in [5, 5.41) is 0.359. The fourth-order valence-electron chi connectivity index (χ4n) is 1.01. The second-order valence-corrected chi connectivity index (χ2v) is 2.97. The minimum atomic E-state index is -0.516. The van der Waals surface area contributed by atoms with Crippen LogP contribution in [-0.2, 0) is 4.74 Å². The van der Waals surface area contributed by atoms with Gasteiger partial charge in [0.1, 0.15) is 5.75 Å². The minimum absolute atomic E-state index is 0.244. The lowest BCUT2D eigenvalue weighted by Crippen LogP contribution is -2.06. The average Bonchev–Trinajstić information content (AvgIpc) is 2.17. The fraction of sp³-hybridized carbons (Fsp3) is 0.222. The molecule has 0 spiro atoms. The largest absolute Gasteiger partial charge is 0.495 e. The van der Waals surface area contributed by atoms with E-state index in [4.69, 9.17) is 22.1 Å². The first-order chi connectivity index (χ1) is 6.60. The Hall–Kier alpha value is -1.42. The van der Waals surface area contributed by atoms with E-state index < -0.39 is 5.97 Å². The predicted octanol–water partition coefficient (Wildman–Crippen LogP) is 1.72. The van der Waals surface area contributed by atoms with Gasteiger partial charge in [0.25, 0.3) is 0 Å². The molecule has 0 fully saturated rings. The van der Waals surface area contributed by atoms with E-state index in [1.165, 1.54) is 26.4 Å². The molecule has 1 rings (SSSR count). The number of esters is 1. The fourth-order valence-corrected chi connectivity index (χ4v) is 1.26. The Morgan fingerprint density at radius 1 is 1.43 bits per heavy atom. The standard InChI is InChI=1S/C9H10ClNO3/c1-13-8-3-5(9(12)14-2)7(11)4-6(8)10/h3-4H,11H2,1-2H3. The molecule has 0 heterocycles. The summed E-state index contributed by atoms with van der Waals surface area (Å²) < 4.78 is 9.48. The monoisotopic (exact) mass is 215 g/mol. The van der Waals surface area contributed by atoms with Gasteiger partial charge in [0.05, 0.1) is 24.8 Å². The topological polar surface area (TPSA) is 61.5 Å². The van der Waals surface area contributed by atoms with Crippen LogP contribution < -0.4 is 10.5 Å². The molecule has 0 aliphatic rings. The zero-order valence-corrected chi connectivity index (χ0v) is 8.59. The number of anilines is 1. The molecule has 0 aliphatic heterocycles. The number of nitrogens with two attached hydrogens (primary N) is 1. The van der Waals surface area contributed by atoms with Crippen molar-refractivity contribution in [3.63, 3.8) is 0 Å². The Morgan fingerprint density at radius 2 is 2.07 bits per heavy atom. The van der Waals surface area contributed by atoms with Crippen LogP contribution in [0.25, 0.3) is 0 Å². The van der Waals surface area contributed by atoms with Crippen LogP contribution in [0.5, 0.6) is 5.75 Å². The van der Waals surface area contributed by atoms with Gasteiger partial charge in [-0.1, -0.05) is 11.6 Å². The Morgan fingerprint density at radius 3 is 2.57 bits per heavy atom. The zero-order valence-electron chi connectivity index (χ0n) is 7.83. The van der Waals surface area contributed by atoms with E-state index in [0.717, 1.165) is 0 Å². The summed E-state index contributed by atoms with van der Waals surface area (Å²) >= 11 is 5.79. The summed E-state index contributed by atoms with van der Waals surface area (Å²) in [6, 6.07) is 2.90. The van der Waals surface area contributed by atoms with Crippen LogP contribution in [0.4, 0.5) is 5.69 Å². The third-order valence-electron chi connectivity index (χ3n) is 1.73. The summed E-state index contributed by atoms with van der Waals surface area (Å²) in [5.41, 5.74) is 6.09. The second kappa shape index (κ2) is 4.19. The number of rotatable bonds is 2. The molecular weight excluding hydrogens is 206 g/mol. The van der Waals surface area contributed by atoms with E-state index in [1.54, 1.807) is 0 Å². The Bertz CT molecular complexity index is 365. The van der Waals surface area contributed by atoms with Gasteiger partial charge in [-0.15, -0.1) is 0 Å². The molecule has 0 bridgehead atoms. The van der Waals surface area contributed by atoms with Gasteiger partial charge in [-0.3, -0.25) is 0 Å². The molecule has 14 heavy (non-hydrogen) atoms. The molecule has 1 aromatic carbocycles. The van der Waals surface area contributed by atoms with Crippen LogP contribution in [0.3, 0.4) is 0 Å². The zero-order chi connectivity index (χ0) is 10.7. The molecular formula is C9H10ClNO3. The minimum Gasteiger partial charge on any atom is -0.495 e. The number of carbonyl (C=O) groups excluding carboxylic acids is 1. The van der Waals surface area contributed by atoms with Gasteiger partial charge in [-0.05, 0) is 12.1 Å². The highest BCUT2D eigenvalue weighted by Gasteiger charge is 2.13. The highest BCUT2D eigenvalue weighted by molar-refractivity contribution is 6.32. The van der Waals surface area contributed by atoms with Crippen molar-refractivity contribution in [2.75, 3.05) is 20.0 Å². The number of carbonyl (C=O) groups is 1. The maximum Gasteiger partial charge on any atom is 0.340 e. The Labute approximate surface area is 86.6 Å². The van der Waals surface area contributed by atoms with Gasteiger partial charge in [0.2, 0.25) is 0 Å². The summed E-state index contributed by atoms with van der Waals surface area (Å²) in [6.07, 6.45) is 0. The maximum atomic E-state index is 11.2. The molecule has 0 radical (unpaired) electrons. The molecule has 0 amide bonds. The van der Waals surface area contributed by atoms with Crippen LogP contribution in [-0.4, -0.2) is 20.2 Å². The molecule has 0 unspecified atom stereocenters. The van der Waals surface area contributed by atoms with Crippen molar-refractivity contribution in [2.24, 2.45) is 0 Å². The van der Waals surface area contributed by atoms with E-state index in [9.17, 15) is 4.79 Å². The molecule has 76 valence electrons. The Kier molecular flexibility index (Phi) is 3.19. The van der Waals surface area contributed by atoms with E-state index in [2.05, 4.69) is 4.74 Å². The lowest BCUT2D eigenvalue weighted by Gasteiger charge is -2.08. The summed E-state index contributed by atoms with van der Waals surface area (Å²) in [4.78, 5) is 11.2. The number of halogens is 1. The average molecular weight is 216 g/mol. The molecule has 2 N–H and O–H groups in total. The smallest absolute Gasteiger partial charge is 0.340 e. The van der Waals surface area contributed by atoms with Gasteiger partial charge >= 0.3 is 5.97 Å². The number of nitrogen functional groups attached to an aromatic ring is 1. The second-order valence-electron chi connectivity index (χ2n) is 2.57. The molecule has 4 nitrogen and oxygen atoms in total. The van der Waals surface area contributed by atoms with Crippen molar-refractivity contribution in [2.45, 2.75) is 0 Å². The predicted molar refractivity (Wildman–Crippen MR) is 53.8 cm³/mol. The van der Waals surface area contributed by atoms with E-state index >= 15 is 0 Å². The lowest BCUT2D eigenvalue weighted by molar-refractivity contribution is 0.0601. The Balaban J connectivity index is 3.24. The van der Waals surface area contributed by atoms with Gasteiger partial charge in [-0.25, -0.2) is 4.79 Å². The first-order valence-electron chi connectivity index (χ1n) is 3.81. The van der Waals surface area contributed by atoms with Crippen molar-refractivity contribution in [3.05, 3.63) is 22.7 Å². The third-order valence-corrected chi connectivity index (χ3v) is 2.02. The van der Waals surface area contributed by atoms with Crippen molar-refractivity contribution in [1.29, 1.82) is 0 Å². The summed E-state index contributed by atoms with van der Waals surface area (Å²) in [6.45, 7) is 0. The van der Waals surface area contributed by atoms with E-state index in [1.807, 2.05) is 0 Å². The quantitative estimate of drug-likeness (QED) is 0.603. The number of hydrogen-bond acceptors (Lipinski definition) is 4. The van der Waals surface area contributed by atoms with Gasteiger partial charge in [0, 0.05) is 5.69 Å². The van der Waals surface area contributed by atoms with E-state index in [-0.39, 0.29) is 11.3 Å². The van der Waals surface area contributed by atoms with Crippen LogP contribution in [0.1, 0.15) is 10.4 Å². The van der Waals surface area contributed by atoms with E-state index in [0.29, 0.717) is 10.8 Å². The highest BCUT2D eigenvalue weighted by atomic mass is 35.5. The van der Waals surface area contributed by atoms with Crippen molar-refractivity contribution < 1.29 is 14.3 Å². The summed E-state index contributed by atoms with van der Waals surface area (Å²) in [7, 11) is 2.74. The lowest BCUT2D eigenvalue weighted by atomic mass is 10.1. The van der Waals surface area contributed by atoms with Gasteiger partial charge in [-0.2, -0.15) is 0 Å². The summed E-state index contributed by atoms with van der Waals surface area (Å²) in [5.74, 6) is -0.126. The molecule has 0 saturated carbocycles. The van der Waals surface area contributed by atoms with Crippen LogP contribution in [0, 0.1) is 0 Å². The molecule has 0 aromatic heterocycles. The SMILES string of the molecule is COC(=O)c1cc(OC)c(Cl)cc1N. The van der Waals surface area contributed by atoms with Gasteiger partial charge < -0.3 is 15.2 Å². The maximum absolute atomic E-state index is 11.2.